The summed E-state index contributed by atoms with van der Waals surface area (Å²) in [6.07, 6.45) is 3.68. The Kier molecular flexibility index (Phi) is 3.86. The number of carboxylic acid groups (broad SMARTS) is 1. The van der Waals surface area contributed by atoms with E-state index in [1.807, 2.05) is 12.1 Å². The monoisotopic (exact) mass is 307 g/mol. The lowest BCUT2D eigenvalue weighted by atomic mass is 9.94. The fraction of sp³-hybridized carbons (Fsp3) is 0.500. The van der Waals surface area contributed by atoms with E-state index in [4.69, 9.17) is 9.84 Å². The Hall–Kier alpha value is -1.60. The SMILES string of the molecule is CC1(n2c(SCC(=O)O)nc3cccnc32)CCCOC1. The van der Waals surface area contributed by atoms with Crippen molar-refractivity contribution in [2.24, 2.45) is 0 Å². The Balaban J connectivity index is 2.08. The molecule has 0 bridgehead atoms. The molecule has 3 rings (SSSR count). The van der Waals surface area contributed by atoms with E-state index in [-0.39, 0.29) is 11.3 Å². The second-order valence-corrected chi connectivity index (χ2v) is 6.35. The highest BCUT2D eigenvalue weighted by molar-refractivity contribution is 7.99. The van der Waals surface area contributed by atoms with Gasteiger partial charge in [-0.2, -0.15) is 0 Å². The molecule has 0 radical (unpaired) electrons. The number of fused-ring (bicyclic) bond motifs is 1. The molecule has 2 aromatic heterocycles. The van der Waals surface area contributed by atoms with Gasteiger partial charge in [0.05, 0.1) is 17.9 Å². The predicted octanol–water partition coefficient (Wildman–Crippen LogP) is 2.13. The van der Waals surface area contributed by atoms with Crippen molar-refractivity contribution in [3.8, 4) is 0 Å². The van der Waals surface area contributed by atoms with Crippen LogP contribution in [-0.2, 0) is 15.1 Å². The fourth-order valence-corrected chi connectivity index (χ4v) is 3.55. The van der Waals surface area contributed by atoms with Crippen molar-refractivity contribution in [1.29, 1.82) is 0 Å². The zero-order valence-electron chi connectivity index (χ0n) is 11.8. The smallest absolute Gasteiger partial charge is 0.313 e. The summed E-state index contributed by atoms with van der Waals surface area (Å²) < 4.78 is 7.69. The molecule has 0 amide bonds. The van der Waals surface area contributed by atoms with Gasteiger partial charge in [0.2, 0.25) is 0 Å². The zero-order valence-corrected chi connectivity index (χ0v) is 12.6. The van der Waals surface area contributed by atoms with Gasteiger partial charge < -0.3 is 9.84 Å². The Morgan fingerprint density at radius 2 is 2.48 bits per heavy atom. The number of carbonyl (C=O) groups is 1. The first-order valence-corrected chi connectivity index (χ1v) is 7.85. The summed E-state index contributed by atoms with van der Waals surface area (Å²) in [7, 11) is 0. The van der Waals surface area contributed by atoms with Crippen LogP contribution in [0.2, 0.25) is 0 Å². The van der Waals surface area contributed by atoms with Gasteiger partial charge in [0.1, 0.15) is 5.52 Å². The summed E-state index contributed by atoms with van der Waals surface area (Å²) in [6.45, 7) is 3.48. The second kappa shape index (κ2) is 5.65. The third-order valence-electron chi connectivity index (χ3n) is 3.67. The van der Waals surface area contributed by atoms with Crippen molar-refractivity contribution < 1.29 is 14.6 Å². The van der Waals surface area contributed by atoms with Gasteiger partial charge in [-0.05, 0) is 31.9 Å². The number of aliphatic carboxylic acids is 1. The second-order valence-electron chi connectivity index (χ2n) is 5.41. The third-order valence-corrected chi connectivity index (χ3v) is 4.59. The quantitative estimate of drug-likeness (QED) is 0.872. The summed E-state index contributed by atoms with van der Waals surface area (Å²) in [5, 5.41) is 9.61. The average molecular weight is 307 g/mol. The molecule has 112 valence electrons. The number of ether oxygens (including phenoxy) is 1. The Bertz CT molecular complexity index is 665. The summed E-state index contributed by atoms with van der Waals surface area (Å²) in [5.74, 6) is -0.864. The van der Waals surface area contributed by atoms with Crippen LogP contribution in [0.3, 0.4) is 0 Å². The van der Waals surface area contributed by atoms with E-state index in [1.165, 1.54) is 11.8 Å². The van der Waals surface area contributed by atoms with Gasteiger partial charge in [0.25, 0.3) is 0 Å². The first kappa shape index (κ1) is 14.3. The number of imidazole rings is 1. The van der Waals surface area contributed by atoms with Crippen LogP contribution >= 0.6 is 11.8 Å². The number of aromatic nitrogens is 3. The van der Waals surface area contributed by atoms with Gasteiger partial charge in [0, 0.05) is 12.8 Å². The highest BCUT2D eigenvalue weighted by Gasteiger charge is 2.34. The molecule has 1 atom stereocenters. The van der Waals surface area contributed by atoms with Gasteiger partial charge in [-0.25, -0.2) is 9.97 Å². The first-order valence-electron chi connectivity index (χ1n) is 6.86. The van der Waals surface area contributed by atoms with Gasteiger partial charge in [-0.1, -0.05) is 11.8 Å². The molecule has 0 aromatic carbocycles. The van der Waals surface area contributed by atoms with E-state index in [2.05, 4.69) is 21.5 Å². The normalized spacial score (nSPS) is 22.5. The highest BCUT2D eigenvalue weighted by Crippen LogP contribution is 2.34. The van der Waals surface area contributed by atoms with Crippen LogP contribution in [0.1, 0.15) is 19.8 Å². The predicted molar refractivity (Wildman–Crippen MR) is 79.6 cm³/mol. The van der Waals surface area contributed by atoms with Crippen LogP contribution in [0.25, 0.3) is 11.2 Å². The first-order chi connectivity index (χ1) is 10.1. The lowest BCUT2D eigenvalue weighted by molar-refractivity contribution is -0.133. The molecule has 1 aliphatic heterocycles. The molecule has 1 N–H and O–H groups in total. The van der Waals surface area contributed by atoms with Crippen LogP contribution in [0.4, 0.5) is 0 Å². The summed E-state index contributed by atoms with van der Waals surface area (Å²) in [5.41, 5.74) is 1.35. The Morgan fingerprint density at radius 1 is 1.62 bits per heavy atom. The molecule has 0 spiro atoms. The summed E-state index contributed by atoms with van der Waals surface area (Å²) in [4.78, 5) is 19.8. The number of hydrogen-bond donors (Lipinski definition) is 1. The number of hydrogen-bond acceptors (Lipinski definition) is 5. The maximum absolute atomic E-state index is 10.9. The summed E-state index contributed by atoms with van der Waals surface area (Å²) in [6, 6.07) is 3.74. The van der Waals surface area contributed by atoms with Gasteiger partial charge >= 0.3 is 5.97 Å². The van der Waals surface area contributed by atoms with Gasteiger partial charge in [-0.3, -0.25) is 9.36 Å². The van der Waals surface area contributed by atoms with Crippen molar-refractivity contribution in [1.82, 2.24) is 14.5 Å². The largest absolute Gasteiger partial charge is 0.481 e. The number of pyridine rings is 1. The van der Waals surface area contributed by atoms with E-state index in [9.17, 15) is 4.79 Å². The van der Waals surface area contributed by atoms with Gasteiger partial charge in [0.15, 0.2) is 10.8 Å². The third kappa shape index (κ3) is 2.75. The number of carboxylic acids is 1. The van der Waals surface area contributed by atoms with Crippen LogP contribution in [-0.4, -0.2) is 44.6 Å². The zero-order chi connectivity index (χ0) is 14.9. The molecule has 2 aromatic rings. The minimum atomic E-state index is -0.850. The molecule has 1 unspecified atom stereocenters. The van der Waals surface area contributed by atoms with E-state index < -0.39 is 5.97 Å². The van der Waals surface area contributed by atoms with E-state index in [1.54, 1.807) is 6.20 Å². The molecular formula is C14H17N3O3S. The van der Waals surface area contributed by atoms with Crippen LogP contribution in [0.15, 0.2) is 23.5 Å². The van der Waals surface area contributed by atoms with E-state index in [0.717, 1.165) is 30.6 Å². The number of nitrogens with zero attached hydrogens (tertiary/aromatic N) is 3. The molecule has 3 heterocycles. The van der Waals surface area contributed by atoms with Crippen molar-refractivity contribution in [2.45, 2.75) is 30.5 Å². The Labute approximate surface area is 126 Å². The minimum absolute atomic E-state index is 0.0136. The molecule has 0 aliphatic carbocycles. The molecule has 1 aliphatic rings. The van der Waals surface area contributed by atoms with E-state index >= 15 is 0 Å². The maximum atomic E-state index is 10.9. The fourth-order valence-electron chi connectivity index (χ4n) is 2.70. The molecule has 0 saturated carbocycles. The maximum Gasteiger partial charge on any atom is 0.313 e. The minimum Gasteiger partial charge on any atom is -0.481 e. The number of thioether (sulfide) groups is 1. The molecule has 6 nitrogen and oxygen atoms in total. The molecule has 1 saturated heterocycles. The Morgan fingerprint density at radius 3 is 3.19 bits per heavy atom. The van der Waals surface area contributed by atoms with Gasteiger partial charge in [-0.15, -0.1) is 0 Å². The van der Waals surface area contributed by atoms with Crippen LogP contribution in [0, 0.1) is 0 Å². The van der Waals surface area contributed by atoms with Crippen molar-refractivity contribution in [3.05, 3.63) is 18.3 Å². The van der Waals surface area contributed by atoms with Crippen molar-refractivity contribution >= 4 is 28.9 Å². The van der Waals surface area contributed by atoms with Crippen molar-refractivity contribution in [2.75, 3.05) is 19.0 Å². The average Bonchev–Trinajstić information content (AvgIpc) is 2.85. The van der Waals surface area contributed by atoms with Crippen LogP contribution in [0.5, 0.6) is 0 Å². The lowest BCUT2D eigenvalue weighted by Gasteiger charge is -2.35. The standard InChI is InChI=1S/C14H17N3O3S/c1-14(5-3-7-20-9-14)17-12-10(4-2-6-15-12)16-13(17)21-8-11(18)19/h2,4,6H,3,5,7-9H2,1H3,(H,18,19). The lowest BCUT2D eigenvalue weighted by Crippen LogP contribution is -2.39. The molecule has 7 heteroatoms. The number of rotatable bonds is 4. The van der Waals surface area contributed by atoms with Crippen LogP contribution < -0.4 is 0 Å². The molecule has 21 heavy (non-hydrogen) atoms. The summed E-state index contributed by atoms with van der Waals surface area (Å²) >= 11 is 1.23. The van der Waals surface area contributed by atoms with E-state index in [0.29, 0.717) is 11.8 Å². The molecule has 1 fully saturated rings. The van der Waals surface area contributed by atoms with Crippen molar-refractivity contribution in [3.63, 3.8) is 0 Å². The topological polar surface area (TPSA) is 77.2 Å². The highest BCUT2D eigenvalue weighted by atomic mass is 32.2. The molecular weight excluding hydrogens is 290 g/mol.